The van der Waals surface area contributed by atoms with E-state index >= 15 is 0 Å². The first kappa shape index (κ1) is 10.3. The lowest BCUT2D eigenvalue weighted by atomic mass is 10.5. The third-order valence-electron chi connectivity index (χ3n) is 2.86. The highest BCUT2D eigenvalue weighted by molar-refractivity contribution is 5.84. The van der Waals surface area contributed by atoms with E-state index in [9.17, 15) is 0 Å². The molecule has 0 amide bonds. The lowest BCUT2D eigenvalue weighted by molar-refractivity contribution is -0.513. The van der Waals surface area contributed by atoms with Crippen molar-refractivity contribution in [2.45, 2.75) is 13.8 Å². The van der Waals surface area contributed by atoms with Crippen molar-refractivity contribution >= 4 is 5.90 Å². The molecule has 0 aliphatic carbocycles. The van der Waals surface area contributed by atoms with Crippen LogP contribution in [0.2, 0.25) is 0 Å². The second-order valence-corrected chi connectivity index (χ2v) is 3.68. The monoisotopic (exact) mass is 211 g/mol. The van der Waals surface area contributed by atoms with Gasteiger partial charge in [0, 0.05) is 6.54 Å². The van der Waals surface area contributed by atoms with Gasteiger partial charge >= 0.3 is 5.90 Å². The van der Waals surface area contributed by atoms with Crippen molar-refractivity contribution in [3.63, 3.8) is 0 Å². The molecule has 4 nitrogen and oxygen atoms in total. The number of likely N-dealkylation sites (N-methyl/N-ethyl adjacent to an activating group) is 2. The molecule has 0 N–H and O–H groups in total. The van der Waals surface area contributed by atoms with Crippen molar-refractivity contribution in [3.8, 4) is 0 Å². The van der Waals surface area contributed by atoms with E-state index in [1.807, 2.05) is 6.08 Å². The Kier molecular flexibility index (Phi) is 3.14. The summed E-state index contributed by atoms with van der Waals surface area (Å²) in [4.78, 5) is 2.22. The fourth-order valence-electron chi connectivity index (χ4n) is 1.92. The first-order valence-corrected chi connectivity index (χ1v) is 5.69. The molecule has 2 rings (SSSR count). The molecule has 0 atom stereocenters. The number of hydrogen-bond acceptors (Lipinski definition) is 3. The van der Waals surface area contributed by atoms with Crippen LogP contribution in [0, 0.1) is 0 Å². The van der Waals surface area contributed by atoms with Crippen molar-refractivity contribution in [3.05, 3.63) is 12.0 Å². The van der Waals surface area contributed by atoms with Crippen LogP contribution in [0.15, 0.2) is 12.0 Å². The third kappa shape index (κ3) is 2.08. The predicted molar refractivity (Wildman–Crippen MR) is 57.9 cm³/mol. The third-order valence-corrected chi connectivity index (χ3v) is 2.86. The maximum atomic E-state index is 5.57. The summed E-state index contributed by atoms with van der Waals surface area (Å²) in [5, 5.41) is 0. The maximum Gasteiger partial charge on any atom is 0.368 e. The van der Waals surface area contributed by atoms with E-state index in [1.54, 1.807) is 0 Å². The van der Waals surface area contributed by atoms with Crippen LogP contribution in [0.25, 0.3) is 0 Å². The molecule has 0 bridgehead atoms. The Labute approximate surface area is 90.8 Å². The first-order valence-electron chi connectivity index (χ1n) is 5.69. The van der Waals surface area contributed by atoms with Crippen LogP contribution in [0.4, 0.5) is 0 Å². The summed E-state index contributed by atoms with van der Waals surface area (Å²) in [6, 6.07) is 0. The molecule has 1 fully saturated rings. The minimum absolute atomic E-state index is 0.791. The molecule has 2 aliphatic rings. The average Bonchev–Trinajstić information content (AvgIpc) is 2.87. The minimum atomic E-state index is 0.791. The Hall–Kier alpha value is -1.19. The standard InChI is InChI=1S/C11H19N2O2/c1-3-12-5-7-14-10(12)9-11-13(4-2)6-8-15-11/h9H,3-8H2,1-2H3/q+1. The molecule has 0 unspecified atom stereocenters. The number of nitrogens with zero attached hydrogens (tertiary/aromatic N) is 2. The molecule has 0 aromatic rings. The Bertz CT molecular complexity index is 297. The van der Waals surface area contributed by atoms with Gasteiger partial charge < -0.3 is 14.4 Å². The lowest BCUT2D eigenvalue weighted by Crippen LogP contribution is -2.20. The van der Waals surface area contributed by atoms with Gasteiger partial charge in [0.15, 0.2) is 19.0 Å². The zero-order chi connectivity index (χ0) is 10.7. The first-order chi connectivity index (χ1) is 7.35. The highest BCUT2D eigenvalue weighted by atomic mass is 16.5. The second-order valence-electron chi connectivity index (χ2n) is 3.68. The van der Waals surface area contributed by atoms with Crippen molar-refractivity contribution in [1.29, 1.82) is 0 Å². The van der Waals surface area contributed by atoms with E-state index in [0.29, 0.717) is 0 Å². The smallest absolute Gasteiger partial charge is 0.368 e. The van der Waals surface area contributed by atoms with Gasteiger partial charge in [-0.3, -0.25) is 0 Å². The zero-order valence-electron chi connectivity index (χ0n) is 9.53. The van der Waals surface area contributed by atoms with Gasteiger partial charge in [-0.1, -0.05) is 0 Å². The van der Waals surface area contributed by atoms with E-state index in [2.05, 4.69) is 23.3 Å². The summed E-state index contributed by atoms with van der Waals surface area (Å²) in [5.41, 5.74) is 0. The van der Waals surface area contributed by atoms with Crippen molar-refractivity contribution in [2.24, 2.45) is 0 Å². The van der Waals surface area contributed by atoms with Crippen LogP contribution in [0.1, 0.15) is 13.8 Å². The molecule has 2 heterocycles. The fraction of sp³-hybridized carbons (Fsp3) is 0.727. The molecule has 2 aliphatic heterocycles. The molecule has 15 heavy (non-hydrogen) atoms. The maximum absolute atomic E-state index is 5.57. The largest absolute Gasteiger partial charge is 0.477 e. The van der Waals surface area contributed by atoms with Crippen molar-refractivity contribution < 1.29 is 14.0 Å². The van der Waals surface area contributed by atoms with Gasteiger partial charge in [0.05, 0.1) is 6.54 Å². The molecule has 0 aromatic heterocycles. The molecular formula is C11H19N2O2+. The number of rotatable bonds is 3. The highest BCUT2D eigenvalue weighted by Crippen LogP contribution is 2.14. The van der Waals surface area contributed by atoms with Gasteiger partial charge in [0.2, 0.25) is 0 Å². The normalized spacial score (nSPS) is 23.6. The quantitative estimate of drug-likeness (QED) is 0.640. The summed E-state index contributed by atoms with van der Waals surface area (Å²) in [5.74, 6) is 1.90. The molecule has 0 aromatic carbocycles. The van der Waals surface area contributed by atoms with Crippen molar-refractivity contribution in [1.82, 2.24) is 4.90 Å². The Morgan fingerprint density at radius 2 is 2.20 bits per heavy atom. The molecule has 4 heteroatoms. The zero-order valence-corrected chi connectivity index (χ0v) is 9.53. The average molecular weight is 211 g/mol. The number of hydrogen-bond donors (Lipinski definition) is 0. The summed E-state index contributed by atoms with van der Waals surface area (Å²) >= 11 is 0. The molecule has 84 valence electrons. The second kappa shape index (κ2) is 4.55. The van der Waals surface area contributed by atoms with E-state index in [0.717, 1.165) is 51.2 Å². The van der Waals surface area contributed by atoms with Crippen LogP contribution in [-0.4, -0.2) is 54.8 Å². The predicted octanol–water partition coefficient (Wildman–Crippen LogP) is 0.641. The van der Waals surface area contributed by atoms with E-state index < -0.39 is 0 Å². The summed E-state index contributed by atoms with van der Waals surface area (Å²) in [6.07, 6.45) is 2.02. The minimum Gasteiger partial charge on any atom is -0.477 e. The van der Waals surface area contributed by atoms with E-state index in [4.69, 9.17) is 9.47 Å². The Morgan fingerprint density at radius 1 is 1.33 bits per heavy atom. The highest BCUT2D eigenvalue weighted by Gasteiger charge is 2.25. The molecule has 0 radical (unpaired) electrons. The molecule has 1 saturated heterocycles. The topological polar surface area (TPSA) is 24.7 Å². The van der Waals surface area contributed by atoms with Crippen LogP contribution >= 0.6 is 0 Å². The molecule has 0 spiro atoms. The fourth-order valence-corrected chi connectivity index (χ4v) is 1.92. The number of ether oxygens (including phenoxy) is 2. The van der Waals surface area contributed by atoms with Gasteiger partial charge in [-0.25, -0.2) is 0 Å². The molecule has 0 saturated carbocycles. The van der Waals surface area contributed by atoms with Crippen LogP contribution < -0.4 is 0 Å². The van der Waals surface area contributed by atoms with Crippen LogP contribution in [0.5, 0.6) is 0 Å². The van der Waals surface area contributed by atoms with E-state index in [1.165, 1.54) is 0 Å². The lowest BCUT2D eigenvalue weighted by Gasteiger charge is -2.12. The van der Waals surface area contributed by atoms with Gasteiger partial charge in [-0.2, -0.15) is 4.58 Å². The van der Waals surface area contributed by atoms with Gasteiger partial charge in [-0.05, 0) is 13.8 Å². The summed E-state index contributed by atoms with van der Waals surface area (Å²) in [7, 11) is 0. The van der Waals surface area contributed by atoms with E-state index in [-0.39, 0.29) is 0 Å². The SMILES string of the molecule is CCN1CCOC1=CC1=[N+](CC)CCO1. The van der Waals surface area contributed by atoms with Gasteiger partial charge in [0.1, 0.15) is 19.2 Å². The molecular weight excluding hydrogens is 192 g/mol. The van der Waals surface area contributed by atoms with Crippen LogP contribution in [-0.2, 0) is 9.47 Å². The van der Waals surface area contributed by atoms with Crippen molar-refractivity contribution in [2.75, 3.05) is 39.4 Å². The van der Waals surface area contributed by atoms with Crippen LogP contribution in [0.3, 0.4) is 0 Å². The Morgan fingerprint density at radius 3 is 2.93 bits per heavy atom. The van der Waals surface area contributed by atoms with Gasteiger partial charge in [-0.15, -0.1) is 0 Å². The van der Waals surface area contributed by atoms with Gasteiger partial charge in [0.25, 0.3) is 0 Å². The summed E-state index contributed by atoms with van der Waals surface area (Å²) < 4.78 is 13.4. The Balaban J connectivity index is 2.14. The summed E-state index contributed by atoms with van der Waals surface area (Å²) in [6.45, 7) is 9.82.